The van der Waals surface area contributed by atoms with Crippen LogP contribution in [-0.2, 0) is 6.54 Å². The molecule has 0 aliphatic carbocycles. The van der Waals surface area contributed by atoms with Gasteiger partial charge in [-0.15, -0.1) is 0 Å². The third-order valence-corrected chi connectivity index (χ3v) is 7.27. The van der Waals surface area contributed by atoms with Gasteiger partial charge < -0.3 is 4.90 Å². The summed E-state index contributed by atoms with van der Waals surface area (Å²) in [7, 11) is 0. The van der Waals surface area contributed by atoms with E-state index in [0.29, 0.717) is 12.1 Å². The first-order chi connectivity index (χ1) is 16.8. The minimum atomic E-state index is 0.554. The van der Waals surface area contributed by atoms with E-state index in [0.717, 1.165) is 13.0 Å². The van der Waals surface area contributed by atoms with E-state index < -0.39 is 0 Å². The van der Waals surface area contributed by atoms with E-state index in [1.54, 1.807) is 0 Å². The normalized spacial score (nSPS) is 19.6. The van der Waals surface area contributed by atoms with Crippen molar-refractivity contribution in [3.8, 4) is 0 Å². The Labute approximate surface area is 202 Å². The molecule has 2 nitrogen and oxygen atoms in total. The highest BCUT2D eigenvalue weighted by Crippen LogP contribution is 2.40. The van der Waals surface area contributed by atoms with Crippen molar-refractivity contribution >= 4 is 22.6 Å². The molecule has 4 aromatic carbocycles. The molecule has 0 aromatic heterocycles. The first kappa shape index (κ1) is 20.9. The van der Waals surface area contributed by atoms with Crippen LogP contribution in [0.3, 0.4) is 0 Å². The van der Waals surface area contributed by atoms with Crippen molar-refractivity contribution in [2.24, 2.45) is 0 Å². The molecule has 1 saturated heterocycles. The molecule has 2 aliphatic heterocycles. The third kappa shape index (κ3) is 4.18. The van der Waals surface area contributed by atoms with Crippen molar-refractivity contribution in [3.05, 3.63) is 132 Å². The van der Waals surface area contributed by atoms with Crippen LogP contribution in [0.15, 0.2) is 121 Å². The van der Waals surface area contributed by atoms with Crippen molar-refractivity contribution in [1.29, 1.82) is 0 Å². The zero-order valence-corrected chi connectivity index (χ0v) is 19.4. The molecule has 0 N–H and O–H groups in total. The lowest BCUT2D eigenvalue weighted by atomic mass is 9.94. The molecule has 6 rings (SSSR count). The van der Waals surface area contributed by atoms with Crippen molar-refractivity contribution < 1.29 is 0 Å². The van der Waals surface area contributed by atoms with E-state index >= 15 is 0 Å². The Morgan fingerprint density at radius 1 is 0.618 bits per heavy atom. The predicted molar refractivity (Wildman–Crippen MR) is 143 cm³/mol. The van der Waals surface area contributed by atoms with E-state index in [4.69, 9.17) is 0 Å². The van der Waals surface area contributed by atoms with Gasteiger partial charge in [0.25, 0.3) is 0 Å². The summed E-state index contributed by atoms with van der Waals surface area (Å²) in [4.78, 5) is 5.03. The van der Waals surface area contributed by atoms with Crippen molar-refractivity contribution in [2.45, 2.75) is 37.9 Å². The van der Waals surface area contributed by atoms with E-state index in [1.807, 2.05) is 0 Å². The minimum Gasteiger partial charge on any atom is -0.311 e. The summed E-state index contributed by atoms with van der Waals surface area (Å²) in [5, 5.41) is 0. The van der Waals surface area contributed by atoms with Crippen LogP contribution in [-0.4, -0.2) is 17.0 Å². The molecule has 2 heterocycles. The topological polar surface area (TPSA) is 6.48 Å². The molecular weight excluding hydrogens is 412 g/mol. The summed E-state index contributed by atoms with van der Waals surface area (Å²) in [6, 6.07) is 42.5. The molecule has 0 spiro atoms. The van der Waals surface area contributed by atoms with Gasteiger partial charge >= 0.3 is 0 Å². The van der Waals surface area contributed by atoms with Gasteiger partial charge in [0.1, 0.15) is 0 Å². The lowest BCUT2D eigenvalue weighted by molar-refractivity contribution is 0.203. The fraction of sp³-hybridized carbons (Fsp3) is 0.188. The lowest BCUT2D eigenvalue weighted by Crippen LogP contribution is -2.37. The summed E-state index contributed by atoms with van der Waals surface area (Å²) in [5.41, 5.74) is 7.82. The fourth-order valence-corrected chi connectivity index (χ4v) is 5.60. The molecule has 0 saturated carbocycles. The predicted octanol–water partition coefficient (Wildman–Crippen LogP) is 7.98. The quantitative estimate of drug-likeness (QED) is 0.299. The molecule has 34 heavy (non-hydrogen) atoms. The van der Waals surface area contributed by atoms with Crippen LogP contribution in [0.4, 0.5) is 17.1 Å². The van der Waals surface area contributed by atoms with Gasteiger partial charge in [-0.3, -0.25) is 4.90 Å². The SMILES string of the molecule is C1=C(c2ccc(N(c3ccccc3)c3ccccc3)cc2)CC2CCC1N2Cc1ccccc1. The van der Waals surface area contributed by atoms with Gasteiger partial charge in [0.15, 0.2) is 0 Å². The smallest absolute Gasteiger partial charge is 0.0462 e. The standard InChI is InChI=1S/C32H30N2/c1-4-10-25(11-5-1)24-33-31-20-21-32(33)23-27(22-31)26-16-18-30(19-17-26)34(28-12-6-2-7-13-28)29-14-8-3-9-15-29/h1-19,22,31-32H,20-21,23-24H2. The van der Waals surface area contributed by atoms with E-state index in [1.165, 1.54) is 46.6 Å². The second-order valence-corrected chi connectivity index (χ2v) is 9.41. The summed E-state index contributed by atoms with van der Waals surface area (Å²) in [6.07, 6.45) is 6.25. The van der Waals surface area contributed by atoms with Gasteiger partial charge in [-0.1, -0.05) is 84.9 Å². The van der Waals surface area contributed by atoms with Crippen LogP contribution in [0.1, 0.15) is 30.4 Å². The number of benzene rings is 4. The number of nitrogens with zero attached hydrogens (tertiary/aromatic N) is 2. The molecule has 2 heteroatoms. The number of fused-ring (bicyclic) bond motifs is 2. The zero-order chi connectivity index (χ0) is 22.7. The number of hydrogen-bond acceptors (Lipinski definition) is 2. The minimum absolute atomic E-state index is 0.554. The summed E-state index contributed by atoms with van der Waals surface area (Å²) >= 11 is 0. The fourth-order valence-electron chi connectivity index (χ4n) is 5.60. The highest BCUT2D eigenvalue weighted by molar-refractivity contribution is 5.78. The highest BCUT2D eigenvalue weighted by Gasteiger charge is 2.36. The van der Waals surface area contributed by atoms with Gasteiger partial charge in [0.05, 0.1) is 0 Å². The van der Waals surface area contributed by atoms with Crippen molar-refractivity contribution in [3.63, 3.8) is 0 Å². The Balaban J connectivity index is 1.26. The average Bonchev–Trinajstić information content (AvgIpc) is 3.12. The molecule has 4 aromatic rings. The van der Waals surface area contributed by atoms with E-state index in [2.05, 4.69) is 131 Å². The summed E-state index contributed by atoms with van der Waals surface area (Å²) < 4.78 is 0. The molecule has 2 atom stereocenters. The van der Waals surface area contributed by atoms with Gasteiger partial charge in [-0.25, -0.2) is 0 Å². The Bertz CT molecular complexity index is 1210. The van der Waals surface area contributed by atoms with Gasteiger partial charge in [-0.2, -0.15) is 0 Å². The van der Waals surface area contributed by atoms with Crippen LogP contribution < -0.4 is 4.90 Å². The third-order valence-electron chi connectivity index (χ3n) is 7.27. The monoisotopic (exact) mass is 442 g/mol. The van der Waals surface area contributed by atoms with Crippen LogP contribution in [0, 0.1) is 0 Å². The number of rotatable bonds is 6. The van der Waals surface area contributed by atoms with E-state index in [-0.39, 0.29) is 0 Å². The highest BCUT2D eigenvalue weighted by atomic mass is 15.2. The molecule has 2 unspecified atom stereocenters. The molecule has 2 aliphatic rings. The van der Waals surface area contributed by atoms with Crippen molar-refractivity contribution in [2.75, 3.05) is 4.90 Å². The van der Waals surface area contributed by atoms with Crippen molar-refractivity contribution in [1.82, 2.24) is 4.90 Å². The second kappa shape index (κ2) is 9.32. The zero-order valence-electron chi connectivity index (χ0n) is 19.4. The van der Waals surface area contributed by atoms with Gasteiger partial charge in [0, 0.05) is 35.7 Å². The average molecular weight is 443 g/mol. The van der Waals surface area contributed by atoms with Gasteiger partial charge in [0.2, 0.25) is 0 Å². The molecule has 1 fully saturated rings. The Kier molecular flexibility index (Phi) is 5.74. The molecule has 168 valence electrons. The number of anilines is 3. The second-order valence-electron chi connectivity index (χ2n) is 9.41. The molecule has 2 bridgehead atoms. The number of para-hydroxylation sites is 2. The maximum Gasteiger partial charge on any atom is 0.0462 e. The van der Waals surface area contributed by atoms with Gasteiger partial charge in [-0.05, 0) is 72.4 Å². The van der Waals surface area contributed by atoms with Crippen LogP contribution in [0.25, 0.3) is 5.57 Å². The molecule has 0 amide bonds. The molecular formula is C32H30N2. The van der Waals surface area contributed by atoms with Crippen LogP contribution in [0.2, 0.25) is 0 Å². The summed E-state index contributed by atoms with van der Waals surface area (Å²) in [6.45, 7) is 1.06. The first-order valence-electron chi connectivity index (χ1n) is 12.4. The maximum atomic E-state index is 2.71. The number of hydrogen-bond donors (Lipinski definition) is 0. The lowest BCUT2D eigenvalue weighted by Gasteiger charge is -2.34. The largest absolute Gasteiger partial charge is 0.311 e. The Morgan fingerprint density at radius 3 is 1.76 bits per heavy atom. The summed E-state index contributed by atoms with van der Waals surface area (Å²) in [5.74, 6) is 0. The Hall–Kier alpha value is -3.62. The maximum absolute atomic E-state index is 2.71. The van der Waals surface area contributed by atoms with Crippen LogP contribution >= 0.6 is 0 Å². The molecule has 0 radical (unpaired) electrons. The Morgan fingerprint density at radius 2 is 1.18 bits per heavy atom. The van der Waals surface area contributed by atoms with Crippen LogP contribution in [0.5, 0.6) is 0 Å². The first-order valence-corrected chi connectivity index (χ1v) is 12.4. The van der Waals surface area contributed by atoms with E-state index in [9.17, 15) is 0 Å².